The van der Waals surface area contributed by atoms with E-state index < -0.39 is 16.0 Å². The number of sulfonamides is 1. The molecule has 0 saturated carbocycles. The number of piperidine rings is 1. The van der Waals surface area contributed by atoms with E-state index in [1.807, 2.05) is 30.3 Å². The maximum Gasteiger partial charge on any atom is 0.303 e. The summed E-state index contributed by atoms with van der Waals surface area (Å²) in [6.45, 7) is 0.656. The summed E-state index contributed by atoms with van der Waals surface area (Å²) >= 11 is 1.29. The molecule has 2 aromatic rings. The zero-order valence-electron chi connectivity index (χ0n) is 13.0. The standard InChI is InChI=1S/C16H18N2O4S2/c19-15(20)9-12-5-4-8-18(10-12)24(21,22)14-11-23-16(17-14)13-6-2-1-3-7-13/h1-3,6-7,11-12H,4-5,8-10H2,(H,19,20). The monoisotopic (exact) mass is 366 g/mol. The number of carbonyl (C=O) groups is 1. The van der Waals surface area contributed by atoms with Crippen LogP contribution in [0.25, 0.3) is 10.6 Å². The largest absolute Gasteiger partial charge is 0.481 e. The maximum absolute atomic E-state index is 12.8. The Bertz CT molecular complexity index is 818. The van der Waals surface area contributed by atoms with Gasteiger partial charge in [0, 0.05) is 30.5 Å². The SMILES string of the molecule is O=C(O)CC1CCCN(S(=O)(=O)c2csc(-c3ccccc3)n2)C1. The molecule has 0 bridgehead atoms. The van der Waals surface area contributed by atoms with Crippen LogP contribution in [0.4, 0.5) is 0 Å². The van der Waals surface area contributed by atoms with Crippen molar-refractivity contribution in [3.63, 3.8) is 0 Å². The fraction of sp³-hybridized carbons (Fsp3) is 0.375. The van der Waals surface area contributed by atoms with Gasteiger partial charge in [-0.25, -0.2) is 13.4 Å². The van der Waals surface area contributed by atoms with Gasteiger partial charge in [0.2, 0.25) is 0 Å². The molecule has 6 nitrogen and oxygen atoms in total. The van der Waals surface area contributed by atoms with E-state index in [1.54, 1.807) is 5.38 Å². The number of nitrogens with zero attached hydrogens (tertiary/aromatic N) is 2. The van der Waals surface area contributed by atoms with Crippen LogP contribution in [0.5, 0.6) is 0 Å². The molecule has 8 heteroatoms. The molecule has 1 aromatic carbocycles. The summed E-state index contributed by atoms with van der Waals surface area (Å²) in [5, 5.41) is 11.2. The predicted molar refractivity (Wildman–Crippen MR) is 91.3 cm³/mol. The number of aliphatic carboxylic acids is 1. The van der Waals surface area contributed by atoms with E-state index in [0.717, 1.165) is 12.0 Å². The summed E-state index contributed by atoms with van der Waals surface area (Å²) in [5.74, 6) is -1.03. The first-order valence-corrected chi connectivity index (χ1v) is 10.0. The third-order valence-corrected chi connectivity index (χ3v) is 6.84. The Morgan fingerprint density at radius 2 is 2.08 bits per heavy atom. The summed E-state index contributed by atoms with van der Waals surface area (Å²) in [7, 11) is -3.68. The first-order valence-electron chi connectivity index (χ1n) is 7.69. The van der Waals surface area contributed by atoms with Crippen molar-refractivity contribution in [2.45, 2.75) is 24.3 Å². The molecule has 1 aromatic heterocycles. The number of thiazole rings is 1. The van der Waals surface area contributed by atoms with Crippen molar-refractivity contribution in [1.82, 2.24) is 9.29 Å². The lowest BCUT2D eigenvalue weighted by Gasteiger charge is -2.30. The van der Waals surface area contributed by atoms with Crippen LogP contribution in [0, 0.1) is 5.92 Å². The molecule has 1 aliphatic heterocycles. The minimum Gasteiger partial charge on any atom is -0.481 e. The van der Waals surface area contributed by atoms with Gasteiger partial charge in [-0.2, -0.15) is 4.31 Å². The van der Waals surface area contributed by atoms with E-state index in [0.29, 0.717) is 18.0 Å². The third-order valence-electron chi connectivity index (χ3n) is 4.05. The molecule has 0 spiro atoms. The van der Waals surface area contributed by atoms with Gasteiger partial charge >= 0.3 is 5.97 Å². The maximum atomic E-state index is 12.8. The van der Waals surface area contributed by atoms with E-state index in [2.05, 4.69) is 4.98 Å². The zero-order valence-corrected chi connectivity index (χ0v) is 14.6. The average molecular weight is 366 g/mol. The Kier molecular flexibility index (Phi) is 4.98. The number of rotatable bonds is 5. The second-order valence-electron chi connectivity index (χ2n) is 5.83. The van der Waals surface area contributed by atoms with E-state index in [1.165, 1.54) is 15.6 Å². The van der Waals surface area contributed by atoms with Gasteiger partial charge < -0.3 is 5.11 Å². The lowest BCUT2D eigenvalue weighted by atomic mass is 9.96. The fourth-order valence-corrected chi connectivity index (χ4v) is 5.51. The van der Waals surface area contributed by atoms with Crippen LogP contribution in [0.2, 0.25) is 0 Å². The molecule has 2 heterocycles. The van der Waals surface area contributed by atoms with Crippen molar-refractivity contribution in [2.24, 2.45) is 5.92 Å². The fourth-order valence-electron chi connectivity index (χ4n) is 2.88. The summed E-state index contributed by atoms with van der Waals surface area (Å²) < 4.78 is 26.9. The Labute approximate surface area is 144 Å². The van der Waals surface area contributed by atoms with Gasteiger partial charge in [-0.15, -0.1) is 11.3 Å². The molecule has 1 N–H and O–H groups in total. The molecule has 1 fully saturated rings. The van der Waals surface area contributed by atoms with Crippen LogP contribution in [0.3, 0.4) is 0 Å². The van der Waals surface area contributed by atoms with Gasteiger partial charge in [-0.1, -0.05) is 30.3 Å². The Morgan fingerprint density at radius 3 is 2.79 bits per heavy atom. The zero-order chi connectivity index (χ0) is 17.2. The molecule has 1 saturated heterocycles. The normalized spacial score (nSPS) is 19.2. The third kappa shape index (κ3) is 3.66. The van der Waals surface area contributed by atoms with Gasteiger partial charge in [-0.3, -0.25) is 4.79 Å². The van der Waals surface area contributed by atoms with Crippen molar-refractivity contribution in [1.29, 1.82) is 0 Å². The van der Waals surface area contributed by atoms with Crippen molar-refractivity contribution < 1.29 is 18.3 Å². The average Bonchev–Trinajstić information content (AvgIpc) is 3.06. The molecule has 24 heavy (non-hydrogen) atoms. The molecule has 128 valence electrons. The molecular weight excluding hydrogens is 348 g/mol. The molecule has 0 amide bonds. The van der Waals surface area contributed by atoms with Crippen LogP contribution < -0.4 is 0 Å². The highest BCUT2D eigenvalue weighted by Crippen LogP contribution is 2.29. The van der Waals surface area contributed by atoms with Gasteiger partial charge in [-0.05, 0) is 18.8 Å². The quantitative estimate of drug-likeness (QED) is 0.879. The highest BCUT2D eigenvalue weighted by molar-refractivity contribution is 7.89. The van der Waals surface area contributed by atoms with Crippen molar-refractivity contribution >= 4 is 27.3 Å². The highest BCUT2D eigenvalue weighted by Gasteiger charge is 2.32. The Balaban J connectivity index is 1.80. The lowest BCUT2D eigenvalue weighted by Crippen LogP contribution is -2.40. The first-order chi connectivity index (χ1) is 11.5. The van der Waals surface area contributed by atoms with E-state index >= 15 is 0 Å². The van der Waals surface area contributed by atoms with Gasteiger partial charge in [0.25, 0.3) is 10.0 Å². The minimum absolute atomic E-state index is 0.00164. The molecule has 1 atom stereocenters. The van der Waals surface area contributed by atoms with Crippen LogP contribution in [-0.2, 0) is 14.8 Å². The molecule has 0 aliphatic carbocycles. The molecule has 0 radical (unpaired) electrons. The second kappa shape index (κ2) is 7.00. The number of aromatic nitrogens is 1. The predicted octanol–water partition coefficient (Wildman–Crippen LogP) is 2.69. The Hall–Kier alpha value is -1.77. The molecule has 3 rings (SSSR count). The van der Waals surface area contributed by atoms with E-state index in [-0.39, 0.29) is 23.9 Å². The number of carboxylic acids is 1. The highest BCUT2D eigenvalue weighted by atomic mass is 32.2. The molecule has 1 aliphatic rings. The number of benzene rings is 1. The summed E-state index contributed by atoms with van der Waals surface area (Å²) in [4.78, 5) is 15.2. The first kappa shape index (κ1) is 17.1. The summed E-state index contributed by atoms with van der Waals surface area (Å²) in [6, 6.07) is 9.43. The van der Waals surface area contributed by atoms with Crippen molar-refractivity contribution in [3.8, 4) is 10.6 Å². The topological polar surface area (TPSA) is 87.6 Å². The van der Waals surface area contributed by atoms with Crippen LogP contribution in [0.15, 0.2) is 40.7 Å². The van der Waals surface area contributed by atoms with Crippen LogP contribution >= 0.6 is 11.3 Å². The van der Waals surface area contributed by atoms with Crippen molar-refractivity contribution in [2.75, 3.05) is 13.1 Å². The molecular formula is C16H18N2O4S2. The van der Waals surface area contributed by atoms with Crippen LogP contribution in [0.1, 0.15) is 19.3 Å². The van der Waals surface area contributed by atoms with Gasteiger partial charge in [0.15, 0.2) is 5.03 Å². The summed E-state index contributed by atoms with van der Waals surface area (Å²) in [5.41, 5.74) is 0.881. The summed E-state index contributed by atoms with van der Waals surface area (Å²) in [6.07, 6.45) is 1.41. The van der Waals surface area contributed by atoms with Gasteiger partial charge in [0.1, 0.15) is 5.01 Å². The number of hydrogen-bond acceptors (Lipinski definition) is 5. The van der Waals surface area contributed by atoms with Gasteiger partial charge in [0.05, 0.1) is 0 Å². The number of hydrogen-bond donors (Lipinski definition) is 1. The second-order valence-corrected chi connectivity index (χ2v) is 8.57. The van der Waals surface area contributed by atoms with E-state index in [9.17, 15) is 13.2 Å². The van der Waals surface area contributed by atoms with Crippen LogP contribution in [-0.4, -0.2) is 41.9 Å². The lowest BCUT2D eigenvalue weighted by molar-refractivity contribution is -0.138. The minimum atomic E-state index is -3.68. The molecule has 1 unspecified atom stereocenters. The Morgan fingerprint density at radius 1 is 1.33 bits per heavy atom. The number of carboxylic acid groups (broad SMARTS) is 1. The smallest absolute Gasteiger partial charge is 0.303 e. The van der Waals surface area contributed by atoms with Crippen molar-refractivity contribution in [3.05, 3.63) is 35.7 Å². The van der Waals surface area contributed by atoms with E-state index in [4.69, 9.17) is 5.11 Å².